The van der Waals surface area contributed by atoms with Crippen molar-refractivity contribution in [2.24, 2.45) is 0 Å². The zero-order valence-electron chi connectivity index (χ0n) is 11.4. The van der Waals surface area contributed by atoms with Gasteiger partial charge in [0, 0.05) is 36.9 Å². The molecule has 0 heterocycles. The maximum Gasteiger partial charge on any atom is 0.315 e. The average molecular weight is 325 g/mol. The molecule has 0 aromatic carbocycles. The number of urea groups is 2. The lowest BCUT2D eigenvalue weighted by Gasteiger charge is -2.29. The Labute approximate surface area is 129 Å². The molecule has 1 fully saturated rings. The van der Waals surface area contributed by atoms with Gasteiger partial charge in [0.25, 0.3) is 0 Å². The third kappa shape index (κ3) is 7.05. The molecule has 8 heteroatoms. The van der Waals surface area contributed by atoms with Crippen LogP contribution in [-0.2, 0) is 0 Å². The first-order valence-corrected chi connectivity index (χ1v) is 7.93. The minimum Gasteiger partial charge on any atom is -0.337 e. The molecule has 0 aromatic heterocycles. The topological polar surface area (TPSA) is 82.3 Å². The Morgan fingerprint density at radius 3 is 1.45 bits per heavy atom. The second kappa shape index (κ2) is 9.94. The van der Waals surface area contributed by atoms with Crippen LogP contribution < -0.4 is 21.3 Å². The van der Waals surface area contributed by atoms with Gasteiger partial charge in [-0.2, -0.15) is 0 Å². The maximum absolute atomic E-state index is 11.5. The van der Waals surface area contributed by atoms with Crippen LogP contribution in [-0.4, -0.2) is 49.0 Å². The molecule has 1 saturated carbocycles. The van der Waals surface area contributed by atoms with E-state index in [1.54, 1.807) is 0 Å². The van der Waals surface area contributed by atoms with Crippen molar-refractivity contribution >= 4 is 35.3 Å². The van der Waals surface area contributed by atoms with Crippen LogP contribution in [0, 0.1) is 0 Å². The van der Waals surface area contributed by atoms with Crippen molar-refractivity contribution in [3.8, 4) is 0 Å². The van der Waals surface area contributed by atoms with E-state index in [1.165, 1.54) is 0 Å². The van der Waals surface area contributed by atoms with E-state index in [0.717, 1.165) is 25.7 Å². The number of alkyl halides is 2. The minimum atomic E-state index is -0.179. The molecule has 1 aliphatic carbocycles. The molecule has 0 bridgehead atoms. The van der Waals surface area contributed by atoms with Crippen molar-refractivity contribution in [3.63, 3.8) is 0 Å². The first kappa shape index (κ1) is 17.2. The van der Waals surface area contributed by atoms with Gasteiger partial charge in [0.2, 0.25) is 0 Å². The summed E-state index contributed by atoms with van der Waals surface area (Å²) in [6, 6.07) is -0.0348. The van der Waals surface area contributed by atoms with E-state index >= 15 is 0 Å². The van der Waals surface area contributed by atoms with Gasteiger partial charge in [-0.25, -0.2) is 9.59 Å². The zero-order chi connectivity index (χ0) is 14.8. The Hall–Kier alpha value is -0.880. The first-order chi connectivity index (χ1) is 9.65. The second-order valence-electron chi connectivity index (χ2n) is 4.73. The summed E-state index contributed by atoms with van der Waals surface area (Å²) >= 11 is 11.0. The lowest BCUT2D eigenvalue weighted by Crippen LogP contribution is -2.48. The van der Waals surface area contributed by atoms with Gasteiger partial charge in [0.1, 0.15) is 0 Å². The molecule has 0 saturated heterocycles. The van der Waals surface area contributed by atoms with Crippen LogP contribution in [0.5, 0.6) is 0 Å². The molecule has 0 atom stereocenters. The van der Waals surface area contributed by atoms with E-state index < -0.39 is 0 Å². The third-order valence-corrected chi connectivity index (χ3v) is 3.54. The molecule has 116 valence electrons. The summed E-state index contributed by atoms with van der Waals surface area (Å²) in [5.41, 5.74) is 0. The SMILES string of the molecule is O=C(NCCCl)NC1CCC(NC(=O)NCCCl)CC1. The van der Waals surface area contributed by atoms with E-state index in [1.807, 2.05) is 0 Å². The molecule has 20 heavy (non-hydrogen) atoms. The summed E-state index contributed by atoms with van der Waals surface area (Å²) in [7, 11) is 0. The van der Waals surface area contributed by atoms with Crippen LogP contribution >= 0.6 is 23.2 Å². The smallest absolute Gasteiger partial charge is 0.315 e. The molecule has 0 aromatic rings. The van der Waals surface area contributed by atoms with E-state index in [-0.39, 0.29) is 24.1 Å². The highest BCUT2D eigenvalue weighted by Gasteiger charge is 2.23. The molecule has 0 radical (unpaired) electrons. The summed E-state index contributed by atoms with van der Waals surface area (Å²) in [5.74, 6) is 0.809. The zero-order valence-corrected chi connectivity index (χ0v) is 12.9. The quantitative estimate of drug-likeness (QED) is 0.556. The maximum atomic E-state index is 11.5. The van der Waals surface area contributed by atoms with Crippen molar-refractivity contribution in [3.05, 3.63) is 0 Å². The highest BCUT2D eigenvalue weighted by molar-refractivity contribution is 6.18. The standard InChI is InChI=1S/C12H22Cl2N4O2/c13-5-7-15-11(19)17-9-1-2-10(4-3-9)18-12(20)16-8-6-14/h9-10H,1-8H2,(H2,15,17,19)(H2,16,18,20). The lowest BCUT2D eigenvalue weighted by atomic mass is 9.91. The number of hydrogen-bond acceptors (Lipinski definition) is 2. The first-order valence-electron chi connectivity index (χ1n) is 6.86. The Morgan fingerprint density at radius 2 is 1.15 bits per heavy atom. The number of nitrogens with one attached hydrogen (secondary N) is 4. The summed E-state index contributed by atoms with van der Waals surface area (Å²) < 4.78 is 0. The van der Waals surface area contributed by atoms with Crippen molar-refractivity contribution in [2.45, 2.75) is 37.8 Å². The fourth-order valence-corrected chi connectivity index (χ4v) is 2.37. The largest absolute Gasteiger partial charge is 0.337 e. The number of amides is 4. The normalized spacial score (nSPS) is 21.9. The average Bonchev–Trinajstić information content (AvgIpc) is 2.45. The lowest BCUT2D eigenvalue weighted by molar-refractivity contribution is 0.222. The molecule has 6 nitrogen and oxygen atoms in total. The number of carbonyl (C=O) groups excluding carboxylic acids is 2. The predicted molar refractivity (Wildman–Crippen MR) is 80.6 cm³/mol. The summed E-state index contributed by atoms with van der Waals surface area (Å²) in [6.45, 7) is 0.927. The van der Waals surface area contributed by atoms with Gasteiger partial charge in [-0.05, 0) is 25.7 Å². The number of halogens is 2. The van der Waals surface area contributed by atoms with Crippen molar-refractivity contribution in [2.75, 3.05) is 24.8 Å². The summed E-state index contributed by atoms with van der Waals surface area (Å²) in [5, 5.41) is 11.2. The molecule has 1 rings (SSSR count). The van der Waals surface area contributed by atoms with E-state index in [4.69, 9.17) is 23.2 Å². The Bertz CT molecular complexity index is 280. The molecule has 0 spiro atoms. The Morgan fingerprint density at radius 1 is 0.800 bits per heavy atom. The molecule has 0 aliphatic heterocycles. The molecule has 4 N–H and O–H groups in total. The fraction of sp³-hybridized carbons (Fsp3) is 0.833. The van der Waals surface area contributed by atoms with Gasteiger partial charge in [0.05, 0.1) is 0 Å². The van der Waals surface area contributed by atoms with Gasteiger partial charge in [-0.15, -0.1) is 23.2 Å². The van der Waals surface area contributed by atoms with Crippen LogP contribution in [0.25, 0.3) is 0 Å². The number of hydrogen-bond donors (Lipinski definition) is 4. The van der Waals surface area contributed by atoms with E-state index in [2.05, 4.69) is 21.3 Å². The van der Waals surface area contributed by atoms with Crippen molar-refractivity contribution in [1.29, 1.82) is 0 Å². The highest BCUT2D eigenvalue weighted by Crippen LogP contribution is 2.18. The summed E-state index contributed by atoms with van der Waals surface area (Å²) in [6.07, 6.45) is 3.42. The fourth-order valence-electron chi connectivity index (χ4n) is 2.18. The van der Waals surface area contributed by atoms with E-state index in [0.29, 0.717) is 24.8 Å². The molecular weight excluding hydrogens is 303 g/mol. The number of carbonyl (C=O) groups is 2. The second-order valence-corrected chi connectivity index (χ2v) is 5.48. The number of rotatable bonds is 6. The highest BCUT2D eigenvalue weighted by atomic mass is 35.5. The van der Waals surface area contributed by atoms with Gasteiger partial charge >= 0.3 is 12.1 Å². The molecular formula is C12H22Cl2N4O2. The molecule has 1 aliphatic rings. The van der Waals surface area contributed by atoms with E-state index in [9.17, 15) is 9.59 Å². The van der Waals surface area contributed by atoms with Crippen molar-refractivity contribution in [1.82, 2.24) is 21.3 Å². The van der Waals surface area contributed by atoms with Gasteiger partial charge < -0.3 is 21.3 Å². The van der Waals surface area contributed by atoms with Crippen LogP contribution in [0.4, 0.5) is 9.59 Å². The van der Waals surface area contributed by atoms with Crippen LogP contribution in [0.1, 0.15) is 25.7 Å². The van der Waals surface area contributed by atoms with Gasteiger partial charge in [-0.1, -0.05) is 0 Å². The third-order valence-electron chi connectivity index (χ3n) is 3.16. The van der Waals surface area contributed by atoms with Crippen LogP contribution in [0.15, 0.2) is 0 Å². The minimum absolute atomic E-state index is 0.161. The predicted octanol–water partition coefficient (Wildman–Crippen LogP) is 1.37. The Balaban J connectivity index is 2.16. The monoisotopic (exact) mass is 324 g/mol. The molecule has 0 unspecified atom stereocenters. The summed E-state index contributed by atoms with van der Waals surface area (Å²) in [4.78, 5) is 22.9. The van der Waals surface area contributed by atoms with Crippen LogP contribution in [0.2, 0.25) is 0 Å². The van der Waals surface area contributed by atoms with Gasteiger partial charge in [0.15, 0.2) is 0 Å². The molecule has 4 amide bonds. The van der Waals surface area contributed by atoms with Gasteiger partial charge in [-0.3, -0.25) is 0 Å². The van der Waals surface area contributed by atoms with Crippen LogP contribution in [0.3, 0.4) is 0 Å². The van der Waals surface area contributed by atoms with Crippen molar-refractivity contribution < 1.29 is 9.59 Å². The Kier molecular flexibility index (Phi) is 8.53.